The summed E-state index contributed by atoms with van der Waals surface area (Å²) in [6, 6.07) is 12.8. The van der Waals surface area contributed by atoms with Crippen LogP contribution in [0.1, 0.15) is 31.2 Å². The fraction of sp³-hybridized carbons (Fsp3) is 0.562. The van der Waals surface area contributed by atoms with E-state index in [1.54, 1.807) is 0 Å². The zero-order chi connectivity index (χ0) is 13.1. The van der Waals surface area contributed by atoms with Crippen LogP contribution >= 0.6 is 0 Å². The summed E-state index contributed by atoms with van der Waals surface area (Å²) in [6.45, 7) is 1.36. The van der Waals surface area contributed by atoms with E-state index in [1.165, 1.54) is 0 Å². The highest BCUT2D eigenvalue weighted by Crippen LogP contribution is 2.50. The number of rotatable bonds is 5. The van der Waals surface area contributed by atoms with Crippen LogP contribution in [-0.2, 0) is 14.9 Å². The summed E-state index contributed by atoms with van der Waals surface area (Å²) < 4.78 is 11.0. The Hall–Kier alpha value is -1.37. The van der Waals surface area contributed by atoms with Crippen LogP contribution in [0, 0.1) is 17.2 Å². The highest BCUT2D eigenvalue weighted by molar-refractivity contribution is 5.35. The standard InChI is InChI=1S/C16H19NO2/c17-12-16(14-6-7-14,13-4-2-1-3-5-13)9-8-15-18-10-11-19-15/h1-5,14-15H,6-11H2. The molecule has 1 heterocycles. The lowest BCUT2D eigenvalue weighted by atomic mass is 9.74. The minimum atomic E-state index is -0.351. The van der Waals surface area contributed by atoms with Gasteiger partial charge in [0.15, 0.2) is 6.29 Å². The topological polar surface area (TPSA) is 42.2 Å². The van der Waals surface area contributed by atoms with Gasteiger partial charge in [-0.05, 0) is 30.7 Å². The molecule has 2 aliphatic rings. The van der Waals surface area contributed by atoms with E-state index < -0.39 is 0 Å². The van der Waals surface area contributed by atoms with E-state index in [-0.39, 0.29) is 11.7 Å². The molecule has 19 heavy (non-hydrogen) atoms. The van der Waals surface area contributed by atoms with Gasteiger partial charge in [-0.25, -0.2) is 0 Å². The molecule has 1 aromatic carbocycles. The third-order valence-electron chi connectivity index (χ3n) is 4.23. The molecule has 2 fully saturated rings. The Morgan fingerprint density at radius 3 is 2.42 bits per heavy atom. The lowest BCUT2D eigenvalue weighted by molar-refractivity contribution is -0.0505. The van der Waals surface area contributed by atoms with Gasteiger partial charge in [0.1, 0.15) is 0 Å². The van der Waals surface area contributed by atoms with Crippen LogP contribution in [0.25, 0.3) is 0 Å². The number of hydrogen-bond donors (Lipinski definition) is 0. The van der Waals surface area contributed by atoms with Gasteiger partial charge in [-0.15, -0.1) is 0 Å². The van der Waals surface area contributed by atoms with Crippen molar-refractivity contribution in [2.24, 2.45) is 5.92 Å². The lowest BCUT2D eigenvalue weighted by Crippen LogP contribution is -2.28. The highest BCUT2D eigenvalue weighted by atomic mass is 16.7. The van der Waals surface area contributed by atoms with Gasteiger partial charge < -0.3 is 9.47 Å². The summed E-state index contributed by atoms with van der Waals surface area (Å²) in [7, 11) is 0. The Labute approximate surface area is 114 Å². The second-order valence-corrected chi connectivity index (χ2v) is 5.43. The van der Waals surface area contributed by atoms with Crippen molar-refractivity contribution in [3.8, 4) is 6.07 Å². The Morgan fingerprint density at radius 1 is 1.16 bits per heavy atom. The van der Waals surface area contributed by atoms with E-state index >= 15 is 0 Å². The molecule has 0 N–H and O–H groups in total. The monoisotopic (exact) mass is 257 g/mol. The predicted molar refractivity (Wildman–Crippen MR) is 71.4 cm³/mol. The molecule has 0 aromatic heterocycles. The predicted octanol–water partition coefficient (Wildman–Crippen LogP) is 3.01. The molecule has 0 radical (unpaired) electrons. The smallest absolute Gasteiger partial charge is 0.157 e. The molecule has 1 atom stereocenters. The maximum Gasteiger partial charge on any atom is 0.157 e. The van der Waals surface area contributed by atoms with Crippen molar-refractivity contribution in [1.82, 2.24) is 0 Å². The molecule has 3 nitrogen and oxygen atoms in total. The van der Waals surface area contributed by atoms with Crippen molar-refractivity contribution in [3.63, 3.8) is 0 Å². The van der Waals surface area contributed by atoms with Crippen LogP contribution in [0.3, 0.4) is 0 Å². The van der Waals surface area contributed by atoms with Crippen LogP contribution in [0.2, 0.25) is 0 Å². The van der Waals surface area contributed by atoms with Crippen LogP contribution in [-0.4, -0.2) is 19.5 Å². The zero-order valence-electron chi connectivity index (χ0n) is 11.0. The first kappa shape index (κ1) is 12.7. The molecule has 0 spiro atoms. The Balaban J connectivity index is 1.78. The van der Waals surface area contributed by atoms with E-state index in [4.69, 9.17) is 9.47 Å². The quantitative estimate of drug-likeness (QED) is 0.814. The molecule has 1 saturated heterocycles. The van der Waals surface area contributed by atoms with Crippen molar-refractivity contribution in [2.45, 2.75) is 37.4 Å². The number of benzene rings is 1. The van der Waals surface area contributed by atoms with E-state index in [0.29, 0.717) is 19.1 Å². The van der Waals surface area contributed by atoms with Gasteiger partial charge in [-0.3, -0.25) is 0 Å². The van der Waals surface area contributed by atoms with Crippen LogP contribution < -0.4 is 0 Å². The van der Waals surface area contributed by atoms with Crippen LogP contribution in [0.4, 0.5) is 0 Å². The normalized spacial score (nSPS) is 22.9. The van der Waals surface area contributed by atoms with Crippen LogP contribution in [0.5, 0.6) is 0 Å². The molecule has 1 saturated carbocycles. The summed E-state index contributed by atoms with van der Waals surface area (Å²) in [5.74, 6) is 0.501. The maximum absolute atomic E-state index is 9.78. The molecule has 0 amide bonds. The second-order valence-electron chi connectivity index (χ2n) is 5.43. The van der Waals surface area contributed by atoms with Gasteiger partial charge in [-0.1, -0.05) is 30.3 Å². The molecule has 3 heteroatoms. The summed E-state index contributed by atoms with van der Waals surface area (Å²) in [6.07, 6.45) is 3.83. The van der Waals surface area contributed by atoms with Crippen molar-refractivity contribution in [3.05, 3.63) is 35.9 Å². The third-order valence-corrected chi connectivity index (χ3v) is 4.23. The molecular formula is C16H19NO2. The molecule has 1 aliphatic heterocycles. The molecule has 1 unspecified atom stereocenters. The molecule has 3 rings (SSSR count). The fourth-order valence-electron chi connectivity index (χ4n) is 3.03. The number of ether oxygens (including phenoxy) is 2. The van der Waals surface area contributed by atoms with E-state index in [2.05, 4.69) is 18.2 Å². The van der Waals surface area contributed by atoms with Crippen molar-refractivity contribution >= 4 is 0 Å². The maximum atomic E-state index is 9.78. The summed E-state index contributed by atoms with van der Waals surface area (Å²) in [4.78, 5) is 0. The molecule has 100 valence electrons. The highest BCUT2D eigenvalue weighted by Gasteiger charge is 2.47. The summed E-state index contributed by atoms with van der Waals surface area (Å²) in [5.41, 5.74) is 0.800. The lowest BCUT2D eigenvalue weighted by Gasteiger charge is -2.28. The summed E-state index contributed by atoms with van der Waals surface area (Å²) >= 11 is 0. The zero-order valence-corrected chi connectivity index (χ0v) is 11.0. The average molecular weight is 257 g/mol. The average Bonchev–Trinajstić information content (AvgIpc) is 3.18. The number of hydrogen-bond acceptors (Lipinski definition) is 3. The Kier molecular flexibility index (Phi) is 3.54. The minimum absolute atomic E-state index is 0.116. The van der Waals surface area contributed by atoms with E-state index in [0.717, 1.165) is 31.2 Å². The third kappa shape index (κ3) is 2.51. The first-order chi connectivity index (χ1) is 9.35. The van der Waals surface area contributed by atoms with Gasteiger partial charge >= 0.3 is 0 Å². The Bertz CT molecular complexity index is 457. The van der Waals surface area contributed by atoms with Gasteiger partial charge in [0.05, 0.1) is 24.7 Å². The SMILES string of the molecule is N#CC(CCC1OCCO1)(c1ccccc1)C1CC1. The van der Waals surface area contributed by atoms with Gasteiger partial charge in [-0.2, -0.15) is 5.26 Å². The fourth-order valence-corrected chi connectivity index (χ4v) is 3.03. The molecule has 0 bridgehead atoms. The number of nitriles is 1. The molecular weight excluding hydrogens is 238 g/mol. The first-order valence-corrected chi connectivity index (χ1v) is 7.05. The van der Waals surface area contributed by atoms with Crippen molar-refractivity contribution in [1.29, 1.82) is 5.26 Å². The van der Waals surface area contributed by atoms with Gasteiger partial charge in [0.2, 0.25) is 0 Å². The Morgan fingerprint density at radius 2 is 1.84 bits per heavy atom. The van der Waals surface area contributed by atoms with Crippen LogP contribution in [0.15, 0.2) is 30.3 Å². The van der Waals surface area contributed by atoms with E-state index in [9.17, 15) is 5.26 Å². The van der Waals surface area contributed by atoms with Gasteiger partial charge in [0.25, 0.3) is 0 Å². The second kappa shape index (κ2) is 5.32. The molecule has 1 aliphatic carbocycles. The number of nitrogens with zero attached hydrogens (tertiary/aromatic N) is 1. The largest absolute Gasteiger partial charge is 0.350 e. The van der Waals surface area contributed by atoms with Crippen molar-refractivity contribution in [2.75, 3.05) is 13.2 Å². The van der Waals surface area contributed by atoms with Gasteiger partial charge in [0, 0.05) is 6.42 Å². The summed E-state index contributed by atoms with van der Waals surface area (Å²) in [5, 5.41) is 9.78. The van der Waals surface area contributed by atoms with Crippen molar-refractivity contribution < 1.29 is 9.47 Å². The minimum Gasteiger partial charge on any atom is -0.350 e. The first-order valence-electron chi connectivity index (χ1n) is 7.05. The molecule has 1 aromatic rings. The van der Waals surface area contributed by atoms with E-state index in [1.807, 2.05) is 18.2 Å².